The highest BCUT2D eigenvalue weighted by Gasteiger charge is 2.00. The first-order valence-electron chi connectivity index (χ1n) is 3.18. The molecule has 1 heterocycles. The van der Waals surface area contributed by atoms with Gasteiger partial charge in [-0.3, -0.25) is 9.54 Å². The molecule has 0 amide bonds. The fourth-order valence-corrected chi connectivity index (χ4v) is 0.734. The summed E-state index contributed by atoms with van der Waals surface area (Å²) >= 11 is 0. The van der Waals surface area contributed by atoms with E-state index >= 15 is 0 Å². The summed E-state index contributed by atoms with van der Waals surface area (Å²) in [5.74, 6) is 0. The molecule has 0 saturated heterocycles. The molecule has 0 aliphatic heterocycles. The van der Waals surface area contributed by atoms with Crippen LogP contribution < -0.4 is 0 Å². The molecule has 13 heavy (non-hydrogen) atoms. The Morgan fingerprint density at radius 2 is 2.31 bits per heavy atom. The average molecular weight is 202 g/mol. The van der Waals surface area contributed by atoms with Crippen LogP contribution in [-0.2, 0) is 14.7 Å². The summed E-state index contributed by atoms with van der Waals surface area (Å²) in [6, 6.07) is 4.99. The second kappa shape index (κ2) is 3.97. The number of rotatable bonds is 3. The van der Waals surface area contributed by atoms with Gasteiger partial charge in [-0.1, -0.05) is 11.2 Å². The van der Waals surface area contributed by atoms with E-state index in [1.807, 2.05) is 0 Å². The Hall–Kier alpha value is -1.47. The maximum absolute atomic E-state index is 10.0. The van der Waals surface area contributed by atoms with Crippen molar-refractivity contribution in [3.05, 3.63) is 30.1 Å². The molecule has 0 spiro atoms. The maximum Gasteiger partial charge on any atom is 0.466 e. The molecule has 7 heteroatoms. The molecule has 70 valence electrons. The van der Waals surface area contributed by atoms with E-state index in [4.69, 9.17) is 4.55 Å². The minimum Gasteiger partial charge on any atom is -0.255 e. The third kappa shape index (κ3) is 4.19. The first-order chi connectivity index (χ1) is 6.08. The molecule has 0 atom stereocenters. The van der Waals surface area contributed by atoms with Crippen LogP contribution in [0.1, 0.15) is 5.69 Å². The summed E-state index contributed by atoms with van der Waals surface area (Å²) in [4.78, 5) is 3.79. The van der Waals surface area contributed by atoms with Gasteiger partial charge in [0.15, 0.2) is 0 Å². The molecule has 0 aliphatic carbocycles. The van der Waals surface area contributed by atoms with Crippen LogP contribution in [0.25, 0.3) is 0 Å². The van der Waals surface area contributed by atoms with Crippen molar-refractivity contribution in [1.82, 2.24) is 4.98 Å². The van der Waals surface area contributed by atoms with Crippen molar-refractivity contribution in [2.24, 2.45) is 5.16 Å². The molecule has 0 aromatic carbocycles. The third-order valence-electron chi connectivity index (χ3n) is 1.01. The summed E-state index contributed by atoms with van der Waals surface area (Å²) in [6.07, 6.45) is 2.57. The van der Waals surface area contributed by atoms with Gasteiger partial charge in [-0.2, -0.15) is 8.42 Å². The van der Waals surface area contributed by atoms with Gasteiger partial charge in [-0.05, 0) is 12.1 Å². The molecule has 1 aromatic heterocycles. The van der Waals surface area contributed by atoms with Crippen LogP contribution in [0.15, 0.2) is 29.6 Å². The number of nitrogens with zero attached hydrogens (tertiary/aromatic N) is 2. The predicted molar refractivity (Wildman–Crippen MR) is 44.5 cm³/mol. The lowest BCUT2D eigenvalue weighted by Crippen LogP contribution is -1.98. The van der Waals surface area contributed by atoms with Crippen molar-refractivity contribution in [3.63, 3.8) is 0 Å². The van der Waals surface area contributed by atoms with E-state index < -0.39 is 10.4 Å². The Morgan fingerprint density at radius 3 is 2.85 bits per heavy atom. The van der Waals surface area contributed by atoms with E-state index in [1.54, 1.807) is 18.2 Å². The van der Waals surface area contributed by atoms with Crippen molar-refractivity contribution in [3.8, 4) is 0 Å². The number of pyridine rings is 1. The van der Waals surface area contributed by atoms with Gasteiger partial charge in [-0.25, -0.2) is 4.28 Å². The van der Waals surface area contributed by atoms with E-state index in [9.17, 15) is 8.42 Å². The molecule has 6 nitrogen and oxygen atoms in total. The standard InChI is InChI=1S/C6H6N2O4S/c9-13(10,11)12-8-5-6-3-1-2-4-7-6/h1-5H,(H,9,10,11). The highest BCUT2D eigenvalue weighted by Crippen LogP contribution is 1.91. The van der Waals surface area contributed by atoms with Gasteiger partial charge in [0.05, 0.1) is 11.9 Å². The van der Waals surface area contributed by atoms with Gasteiger partial charge < -0.3 is 0 Å². The zero-order chi connectivity index (χ0) is 9.73. The molecule has 0 bridgehead atoms. The summed E-state index contributed by atoms with van der Waals surface area (Å²) in [7, 11) is -4.52. The smallest absolute Gasteiger partial charge is 0.255 e. The topological polar surface area (TPSA) is 88.9 Å². The molecule has 0 unspecified atom stereocenters. The van der Waals surface area contributed by atoms with Crippen LogP contribution in [0, 0.1) is 0 Å². The highest BCUT2D eigenvalue weighted by molar-refractivity contribution is 7.80. The van der Waals surface area contributed by atoms with E-state index in [0.29, 0.717) is 5.69 Å². The highest BCUT2D eigenvalue weighted by atomic mass is 32.3. The molecule has 1 N–H and O–H groups in total. The Morgan fingerprint density at radius 1 is 1.54 bits per heavy atom. The summed E-state index contributed by atoms with van der Waals surface area (Å²) in [5, 5.41) is 2.99. The summed E-state index contributed by atoms with van der Waals surface area (Å²) < 4.78 is 31.8. The number of aromatic nitrogens is 1. The van der Waals surface area contributed by atoms with E-state index in [0.717, 1.165) is 6.21 Å². The van der Waals surface area contributed by atoms with Gasteiger partial charge in [-0.15, -0.1) is 0 Å². The van der Waals surface area contributed by atoms with E-state index in [2.05, 4.69) is 14.4 Å². The van der Waals surface area contributed by atoms with Crippen LogP contribution in [0.2, 0.25) is 0 Å². The third-order valence-corrected chi connectivity index (χ3v) is 1.28. The lowest BCUT2D eigenvalue weighted by atomic mass is 10.4. The summed E-state index contributed by atoms with van der Waals surface area (Å²) in [5.41, 5.74) is 0.422. The van der Waals surface area contributed by atoms with Gasteiger partial charge in [0.25, 0.3) is 0 Å². The second-order valence-corrected chi connectivity index (χ2v) is 3.00. The fraction of sp³-hybridized carbons (Fsp3) is 0. The first-order valence-corrected chi connectivity index (χ1v) is 4.55. The fourth-order valence-electron chi connectivity index (χ4n) is 0.582. The van der Waals surface area contributed by atoms with Gasteiger partial charge in [0.1, 0.15) is 0 Å². The molecule has 1 rings (SSSR count). The van der Waals surface area contributed by atoms with Gasteiger partial charge in [0.2, 0.25) is 0 Å². The monoisotopic (exact) mass is 202 g/mol. The van der Waals surface area contributed by atoms with Crippen molar-refractivity contribution in [2.75, 3.05) is 0 Å². The molecular weight excluding hydrogens is 196 g/mol. The Bertz CT molecular complexity index is 386. The zero-order valence-electron chi connectivity index (χ0n) is 6.36. The maximum atomic E-state index is 10.0. The van der Waals surface area contributed by atoms with E-state index in [1.165, 1.54) is 6.20 Å². The van der Waals surface area contributed by atoms with Crippen LogP contribution in [-0.4, -0.2) is 24.2 Å². The Labute approximate surface area is 74.8 Å². The van der Waals surface area contributed by atoms with Crippen LogP contribution in [0.3, 0.4) is 0 Å². The first kappa shape index (κ1) is 9.62. The number of hydrogen-bond acceptors (Lipinski definition) is 5. The normalized spacial score (nSPS) is 11.8. The largest absolute Gasteiger partial charge is 0.466 e. The number of hydrogen-bond donors (Lipinski definition) is 1. The minimum atomic E-state index is -4.52. The predicted octanol–water partition coefficient (Wildman–Crippen LogP) is 0.235. The molecule has 1 aromatic rings. The molecule has 0 saturated carbocycles. The molecule has 0 aliphatic rings. The quantitative estimate of drug-likeness (QED) is 0.430. The van der Waals surface area contributed by atoms with Gasteiger partial charge in [0, 0.05) is 6.20 Å². The lowest BCUT2D eigenvalue weighted by molar-refractivity contribution is 0.284. The molecule has 0 fully saturated rings. The van der Waals surface area contributed by atoms with Crippen LogP contribution in [0.5, 0.6) is 0 Å². The SMILES string of the molecule is O=S(=O)(O)ON=Cc1ccccn1. The second-order valence-electron chi connectivity index (χ2n) is 1.99. The summed E-state index contributed by atoms with van der Waals surface area (Å²) in [6.45, 7) is 0. The van der Waals surface area contributed by atoms with Crippen LogP contribution in [0.4, 0.5) is 0 Å². The van der Waals surface area contributed by atoms with Crippen molar-refractivity contribution in [1.29, 1.82) is 0 Å². The molecule has 0 radical (unpaired) electrons. The Kier molecular flexibility index (Phi) is 2.93. The molecular formula is C6H6N2O4S. The average Bonchev–Trinajstić information content (AvgIpc) is 2.04. The van der Waals surface area contributed by atoms with Crippen molar-refractivity contribution in [2.45, 2.75) is 0 Å². The van der Waals surface area contributed by atoms with Crippen LogP contribution >= 0.6 is 0 Å². The van der Waals surface area contributed by atoms with E-state index in [-0.39, 0.29) is 0 Å². The van der Waals surface area contributed by atoms with Crippen molar-refractivity contribution >= 4 is 16.6 Å². The van der Waals surface area contributed by atoms with Crippen molar-refractivity contribution < 1.29 is 17.3 Å². The minimum absolute atomic E-state index is 0.422. The number of oxime groups is 1. The Balaban J connectivity index is 2.61. The zero-order valence-corrected chi connectivity index (χ0v) is 7.18. The lowest BCUT2D eigenvalue weighted by Gasteiger charge is -1.90. The van der Waals surface area contributed by atoms with Gasteiger partial charge >= 0.3 is 10.4 Å².